The van der Waals surface area contributed by atoms with Gasteiger partial charge < -0.3 is 36.2 Å². The Balaban J connectivity index is -0.0000000646. The fourth-order valence-corrected chi connectivity index (χ4v) is 2.25. The van der Waals surface area contributed by atoms with Gasteiger partial charge in [0.25, 0.3) is 0 Å². The maximum atomic E-state index is 10.5. The Kier molecular flexibility index (Phi) is 30.2. The number of hydrogen-bond donors (Lipinski definition) is 2. The number of aliphatic hydroxyl groups is 1. The molecule has 140 valence electrons. The van der Waals surface area contributed by atoms with Crippen LogP contribution in [-0.2, 0) is 19.5 Å². The summed E-state index contributed by atoms with van der Waals surface area (Å²) < 4.78 is 89.1. The van der Waals surface area contributed by atoms with Gasteiger partial charge in [-0.2, -0.15) is 13.2 Å². The van der Waals surface area contributed by atoms with Crippen molar-refractivity contribution in [3.8, 4) is 0 Å². The summed E-state index contributed by atoms with van der Waals surface area (Å²) in [5, 5.41) is 7.28. The van der Waals surface area contributed by atoms with Gasteiger partial charge in [-0.25, -0.2) is 0 Å². The van der Waals surface area contributed by atoms with Crippen molar-refractivity contribution in [2.75, 3.05) is 6.61 Å². The molecule has 0 radical (unpaired) electrons. The zero-order valence-electron chi connectivity index (χ0n) is 12.8. The summed E-state index contributed by atoms with van der Waals surface area (Å²) in [5.74, 6) is 0. The van der Waals surface area contributed by atoms with Crippen molar-refractivity contribution in [1.29, 1.82) is 0 Å². The summed E-state index contributed by atoms with van der Waals surface area (Å²) in [6, 6.07) is 3.04. The number of hydrogen-bond acceptors (Lipinski definition) is 2. The molecule has 0 rings (SSSR count). The minimum Gasteiger partial charge on any atom is -0.432 e. The first kappa shape index (κ1) is 34.5. The Morgan fingerprint density at radius 3 is 0.913 bits per heavy atom. The van der Waals surface area contributed by atoms with E-state index >= 15 is 0 Å². The third-order valence-corrected chi connectivity index (χ3v) is 6.10. The van der Waals surface area contributed by atoms with E-state index in [1.807, 2.05) is 0 Å². The minimum absolute atomic E-state index is 0. The molecule has 2 nitrogen and oxygen atoms in total. The molecule has 0 aromatic rings. The van der Waals surface area contributed by atoms with Crippen LogP contribution in [0.5, 0.6) is 0 Å². The Bertz CT molecular complexity index is 197. The van der Waals surface area contributed by atoms with E-state index in [4.69, 9.17) is 5.11 Å². The third kappa shape index (κ3) is 60.9. The van der Waals surface area contributed by atoms with E-state index in [2.05, 4.69) is 20.8 Å². The van der Waals surface area contributed by atoms with Crippen LogP contribution in [0.4, 0.5) is 39.5 Å². The molecule has 23 heavy (non-hydrogen) atoms. The topological polar surface area (TPSA) is 40.5 Å². The molecule has 0 saturated heterocycles. The molecule has 0 aliphatic rings. The average Bonchev–Trinajstić information content (AvgIpc) is 2.36. The molecule has 0 heterocycles. The van der Waals surface area contributed by atoms with Gasteiger partial charge in [-0.1, -0.05) is 20.8 Å². The van der Waals surface area contributed by atoms with Crippen LogP contribution in [0.25, 0.3) is 0 Å². The van der Waals surface area contributed by atoms with Crippen molar-refractivity contribution in [2.24, 2.45) is 0 Å². The van der Waals surface area contributed by atoms with E-state index in [1.54, 1.807) is 0 Å². The van der Waals surface area contributed by atoms with Gasteiger partial charge in [0.1, 0.15) is 6.61 Å². The molecule has 0 aromatic carbocycles. The van der Waals surface area contributed by atoms with Crippen molar-refractivity contribution in [3.05, 3.63) is 13.4 Å². The molecule has 0 spiro atoms. The van der Waals surface area contributed by atoms with Gasteiger partial charge in [0, 0.05) is 0 Å². The Hall–Kier alpha value is 0.130. The van der Waals surface area contributed by atoms with Crippen molar-refractivity contribution >= 4 is 8.32 Å². The molecular weight excluding hydrogens is 417 g/mol. The van der Waals surface area contributed by atoms with Gasteiger partial charge in [0.05, 0.1) is 0 Å². The first-order chi connectivity index (χ1) is 9.71. The molecule has 0 atom stereocenters. The van der Waals surface area contributed by atoms with Crippen molar-refractivity contribution < 1.29 is 68.9 Å². The van der Waals surface area contributed by atoms with Gasteiger partial charge >= 0.3 is 25.7 Å². The Morgan fingerprint density at radius 1 is 0.783 bits per heavy atom. The molecule has 0 fully saturated rings. The largest absolute Gasteiger partial charge is 2.00 e. The van der Waals surface area contributed by atoms with Gasteiger partial charge in [0.2, 0.25) is 0 Å². The van der Waals surface area contributed by atoms with E-state index in [-0.39, 0.29) is 19.5 Å². The standard InChI is InChI=1S/C6H16OSi.C2H3F3O.2CF3.Zn/c1-4-8(7,5-2)6-3;3-2(4,5)1-6;2*2-1(3)4;/h7H,4-6H2,1-3H3;6H,1H2;;;/q;;2*-1;+2. The van der Waals surface area contributed by atoms with Gasteiger partial charge in [-0.05, 0) is 18.1 Å². The Labute approximate surface area is 143 Å². The molecule has 0 aromatic heterocycles. The first-order valence-electron chi connectivity index (χ1n) is 5.78. The predicted octanol–water partition coefficient (Wildman–Crippen LogP) is 5.21. The smallest absolute Gasteiger partial charge is 0.432 e. The predicted molar refractivity (Wildman–Crippen MR) is 65.7 cm³/mol. The normalized spacial score (nSPS) is 10.4. The second-order valence-electron chi connectivity index (χ2n) is 3.49. The molecule has 0 aliphatic heterocycles. The van der Waals surface area contributed by atoms with Crippen molar-refractivity contribution in [1.82, 2.24) is 0 Å². The fraction of sp³-hybridized carbons (Fsp3) is 0.800. The van der Waals surface area contributed by atoms with E-state index in [9.17, 15) is 44.3 Å². The van der Waals surface area contributed by atoms with Crippen molar-refractivity contribution in [2.45, 2.75) is 45.1 Å². The fourth-order valence-electron chi connectivity index (χ4n) is 0.750. The van der Waals surface area contributed by atoms with Crippen LogP contribution in [0.3, 0.4) is 0 Å². The van der Waals surface area contributed by atoms with Crippen LogP contribution in [-0.4, -0.2) is 31.0 Å². The molecule has 0 bridgehead atoms. The van der Waals surface area contributed by atoms with Crippen LogP contribution in [0.15, 0.2) is 0 Å². The quantitative estimate of drug-likeness (QED) is 0.363. The summed E-state index contributed by atoms with van der Waals surface area (Å²) >= 11 is 0. The first-order valence-corrected chi connectivity index (χ1v) is 8.34. The van der Waals surface area contributed by atoms with Crippen LogP contribution < -0.4 is 0 Å². The SMILES string of the molecule is CC[Si](O)(CC)CC.F[C-](F)F.F[C-](F)F.OCC(F)(F)F.[Zn+2]. The molecule has 0 aliphatic carbocycles. The molecule has 0 amide bonds. The van der Waals surface area contributed by atoms with E-state index < -0.39 is 34.5 Å². The zero-order chi connectivity index (χ0) is 19.0. The average molecular weight is 436 g/mol. The van der Waals surface area contributed by atoms with Crippen LogP contribution in [0, 0.1) is 13.4 Å². The van der Waals surface area contributed by atoms with Crippen LogP contribution in [0.1, 0.15) is 20.8 Å². The summed E-state index contributed by atoms with van der Waals surface area (Å²) in [4.78, 5) is 9.58. The molecule has 0 unspecified atom stereocenters. The molecule has 13 heteroatoms. The second-order valence-corrected chi connectivity index (χ2v) is 8.06. The van der Waals surface area contributed by atoms with E-state index in [0.29, 0.717) is 0 Å². The number of rotatable bonds is 3. The second kappa shape index (κ2) is 20.2. The van der Waals surface area contributed by atoms with E-state index in [0.717, 1.165) is 18.1 Å². The maximum absolute atomic E-state index is 10.5. The van der Waals surface area contributed by atoms with Gasteiger partial charge in [-0.3, -0.25) is 0 Å². The minimum atomic E-state index is -4.40. The molecule has 0 saturated carbocycles. The monoisotopic (exact) mass is 434 g/mol. The zero-order valence-corrected chi connectivity index (χ0v) is 16.8. The third-order valence-electron chi connectivity index (χ3n) is 2.15. The Morgan fingerprint density at radius 2 is 0.913 bits per heavy atom. The summed E-state index contributed by atoms with van der Waals surface area (Å²) in [6.45, 7) is -1.65. The molecular formula is C10H19F9O2SiZn. The van der Waals surface area contributed by atoms with Gasteiger partial charge in [0.15, 0.2) is 21.7 Å². The number of halogens is 9. The van der Waals surface area contributed by atoms with Crippen LogP contribution >= 0.6 is 0 Å². The maximum Gasteiger partial charge on any atom is 2.00 e. The summed E-state index contributed by atoms with van der Waals surface area (Å²) in [7, 11) is -1.67. The van der Waals surface area contributed by atoms with E-state index in [1.165, 1.54) is 0 Å². The van der Waals surface area contributed by atoms with Crippen LogP contribution in [0.2, 0.25) is 18.1 Å². The van der Waals surface area contributed by atoms with Gasteiger partial charge in [-0.15, -0.1) is 0 Å². The molecule has 2 N–H and O–H groups in total. The summed E-state index contributed by atoms with van der Waals surface area (Å²) in [6.07, 6.45) is -4.40. The number of alkyl halides is 3. The number of aliphatic hydroxyl groups excluding tert-OH is 1. The van der Waals surface area contributed by atoms with Crippen molar-refractivity contribution in [3.63, 3.8) is 0 Å². The summed E-state index contributed by atoms with van der Waals surface area (Å²) in [5.41, 5.74) is 0.